The molecule has 5 heteroatoms. The van der Waals surface area contributed by atoms with Gasteiger partial charge in [-0.3, -0.25) is 4.79 Å². The number of anilines is 1. The van der Waals surface area contributed by atoms with Crippen molar-refractivity contribution in [3.05, 3.63) is 53.6 Å². The molecule has 1 saturated heterocycles. The first-order valence-corrected chi connectivity index (χ1v) is 8.73. The molecule has 0 bridgehead atoms. The average molecular weight is 338 g/mol. The molecule has 0 spiro atoms. The highest BCUT2D eigenvalue weighted by Crippen LogP contribution is 2.35. The maximum Gasteiger partial charge on any atom is 0.231 e. The van der Waals surface area contributed by atoms with Crippen molar-refractivity contribution < 1.29 is 14.3 Å². The quantitative estimate of drug-likeness (QED) is 0.908. The Balaban J connectivity index is 1.46. The lowest BCUT2D eigenvalue weighted by atomic mass is 10.1. The molecule has 2 heterocycles. The van der Waals surface area contributed by atoms with Crippen molar-refractivity contribution in [1.29, 1.82) is 0 Å². The van der Waals surface area contributed by atoms with Crippen LogP contribution >= 0.6 is 0 Å². The third-order valence-corrected chi connectivity index (χ3v) is 4.83. The van der Waals surface area contributed by atoms with E-state index >= 15 is 0 Å². The lowest BCUT2D eigenvalue weighted by Gasteiger charge is -2.20. The van der Waals surface area contributed by atoms with E-state index in [0.29, 0.717) is 13.0 Å². The van der Waals surface area contributed by atoms with Crippen LogP contribution in [-0.2, 0) is 11.3 Å². The van der Waals surface area contributed by atoms with E-state index in [0.717, 1.165) is 35.7 Å². The molecule has 0 radical (unpaired) electrons. The number of hydrogen-bond donors (Lipinski definition) is 1. The number of benzene rings is 2. The van der Waals surface area contributed by atoms with Gasteiger partial charge in [-0.25, -0.2) is 0 Å². The number of amides is 1. The molecule has 1 fully saturated rings. The first-order valence-electron chi connectivity index (χ1n) is 8.73. The molecule has 0 aliphatic carbocycles. The minimum Gasteiger partial charge on any atom is -0.454 e. The van der Waals surface area contributed by atoms with Gasteiger partial charge in [-0.2, -0.15) is 0 Å². The highest BCUT2D eigenvalue weighted by molar-refractivity contribution is 5.95. The van der Waals surface area contributed by atoms with Crippen LogP contribution in [0, 0.1) is 0 Å². The Morgan fingerprint density at radius 3 is 2.92 bits per heavy atom. The summed E-state index contributed by atoms with van der Waals surface area (Å²) < 4.78 is 11.0. The number of fused-ring (bicyclic) bond motifs is 1. The lowest BCUT2D eigenvalue weighted by molar-refractivity contribution is -0.117. The summed E-state index contributed by atoms with van der Waals surface area (Å²) in [6, 6.07) is 14.3. The summed E-state index contributed by atoms with van der Waals surface area (Å²) in [5.74, 6) is 1.86. The van der Waals surface area contributed by atoms with Crippen LogP contribution in [0.15, 0.2) is 42.5 Å². The summed E-state index contributed by atoms with van der Waals surface area (Å²) >= 11 is 0. The Morgan fingerprint density at radius 1 is 1.20 bits per heavy atom. The molecule has 1 unspecified atom stereocenters. The second kappa shape index (κ2) is 6.76. The molecule has 1 amide bonds. The third-order valence-electron chi connectivity index (χ3n) is 4.83. The van der Waals surface area contributed by atoms with Gasteiger partial charge in [-0.15, -0.1) is 0 Å². The van der Waals surface area contributed by atoms with Crippen LogP contribution in [0.25, 0.3) is 0 Å². The molecule has 4 rings (SSSR count). The maximum absolute atomic E-state index is 12.0. The van der Waals surface area contributed by atoms with Gasteiger partial charge in [0.25, 0.3) is 0 Å². The van der Waals surface area contributed by atoms with Crippen molar-refractivity contribution in [2.24, 2.45) is 0 Å². The second-order valence-corrected chi connectivity index (χ2v) is 6.50. The van der Waals surface area contributed by atoms with E-state index in [-0.39, 0.29) is 18.7 Å². The molecule has 2 aromatic rings. The number of hydrogen-bond acceptors (Lipinski definition) is 4. The summed E-state index contributed by atoms with van der Waals surface area (Å²) in [7, 11) is 0. The van der Waals surface area contributed by atoms with E-state index < -0.39 is 0 Å². The average Bonchev–Trinajstić information content (AvgIpc) is 3.28. The molecular weight excluding hydrogens is 316 g/mol. The predicted octanol–water partition coefficient (Wildman–Crippen LogP) is 3.39. The van der Waals surface area contributed by atoms with E-state index in [1.54, 1.807) is 0 Å². The lowest BCUT2D eigenvalue weighted by Crippen LogP contribution is -2.24. The fraction of sp³-hybridized carbons (Fsp3) is 0.350. The predicted molar refractivity (Wildman–Crippen MR) is 95.8 cm³/mol. The summed E-state index contributed by atoms with van der Waals surface area (Å²) in [4.78, 5) is 13.8. The fourth-order valence-electron chi connectivity index (χ4n) is 3.39. The van der Waals surface area contributed by atoms with Crippen LogP contribution in [0.5, 0.6) is 11.5 Å². The topological polar surface area (TPSA) is 50.8 Å². The number of carbonyl (C=O) groups excluding carboxylic acids is 1. The Bertz CT molecular complexity index is 790. The zero-order valence-electron chi connectivity index (χ0n) is 14.3. The van der Waals surface area contributed by atoms with Crippen LogP contribution < -0.4 is 19.7 Å². The van der Waals surface area contributed by atoms with E-state index in [4.69, 9.17) is 9.47 Å². The van der Waals surface area contributed by atoms with Crippen molar-refractivity contribution in [3.8, 4) is 11.5 Å². The first kappa shape index (κ1) is 16.0. The van der Waals surface area contributed by atoms with Gasteiger partial charge in [0.05, 0.1) is 0 Å². The van der Waals surface area contributed by atoms with Gasteiger partial charge in [0.1, 0.15) is 0 Å². The van der Waals surface area contributed by atoms with Crippen LogP contribution in [0.3, 0.4) is 0 Å². The second-order valence-electron chi connectivity index (χ2n) is 6.50. The van der Waals surface area contributed by atoms with Gasteiger partial charge >= 0.3 is 0 Å². The summed E-state index contributed by atoms with van der Waals surface area (Å²) in [6.07, 6.45) is 1.59. The zero-order valence-corrected chi connectivity index (χ0v) is 14.3. The number of nitrogens with zero attached hydrogens (tertiary/aromatic N) is 1. The van der Waals surface area contributed by atoms with Gasteiger partial charge in [0.15, 0.2) is 11.5 Å². The Kier molecular flexibility index (Phi) is 4.32. The Labute approximate surface area is 147 Å². The highest BCUT2D eigenvalue weighted by Gasteiger charge is 2.22. The van der Waals surface area contributed by atoms with E-state index in [1.807, 2.05) is 35.2 Å². The molecule has 130 valence electrons. The van der Waals surface area contributed by atoms with Gasteiger partial charge < -0.3 is 19.7 Å². The summed E-state index contributed by atoms with van der Waals surface area (Å²) in [5.41, 5.74) is 3.25. The van der Waals surface area contributed by atoms with E-state index in [2.05, 4.69) is 24.4 Å². The Morgan fingerprint density at radius 2 is 2.08 bits per heavy atom. The molecule has 1 N–H and O–H groups in total. The maximum atomic E-state index is 12.0. The number of para-hydroxylation sites is 1. The fourth-order valence-corrected chi connectivity index (χ4v) is 3.39. The molecular formula is C20H22N2O3. The van der Waals surface area contributed by atoms with Gasteiger partial charge in [-0.1, -0.05) is 24.3 Å². The first-order chi connectivity index (χ1) is 12.2. The van der Waals surface area contributed by atoms with Crippen LogP contribution in [0.2, 0.25) is 0 Å². The molecule has 1 atom stereocenters. The van der Waals surface area contributed by atoms with Crippen LogP contribution in [-0.4, -0.2) is 19.2 Å². The number of rotatable bonds is 5. The minimum atomic E-state index is 0.163. The van der Waals surface area contributed by atoms with Crippen LogP contribution in [0.4, 0.5) is 5.69 Å². The van der Waals surface area contributed by atoms with Crippen molar-refractivity contribution in [3.63, 3.8) is 0 Å². The highest BCUT2D eigenvalue weighted by atomic mass is 16.7. The van der Waals surface area contributed by atoms with E-state index in [9.17, 15) is 4.79 Å². The smallest absolute Gasteiger partial charge is 0.231 e. The van der Waals surface area contributed by atoms with Gasteiger partial charge in [0, 0.05) is 36.8 Å². The van der Waals surface area contributed by atoms with Crippen molar-refractivity contribution in [1.82, 2.24) is 5.32 Å². The number of ether oxygens (including phenoxy) is 2. The SMILES string of the molecule is CC(NCc1cccc2c1OCO2)c1cccc(N2CCCC2=O)c1. The third kappa shape index (κ3) is 3.20. The molecule has 0 saturated carbocycles. The molecule has 2 aromatic carbocycles. The number of carbonyl (C=O) groups is 1. The zero-order chi connectivity index (χ0) is 17.2. The molecule has 5 nitrogen and oxygen atoms in total. The Hall–Kier alpha value is -2.53. The van der Waals surface area contributed by atoms with Crippen molar-refractivity contribution in [2.75, 3.05) is 18.2 Å². The van der Waals surface area contributed by atoms with Gasteiger partial charge in [-0.05, 0) is 37.1 Å². The monoisotopic (exact) mass is 338 g/mol. The summed E-state index contributed by atoms with van der Waals surface area (Å²) in [6.45, 7) is 3.93. The number of nitrogens with one attached hydrogen (secondary N) is 1. The van der Waals surface area contributed by atoms with E-state index in [1.165, 1.54) is 5.56 Å². The summed E-state index contributed by atoms with van der Waals surface area (Å²) in [5, 5.41) is 3.53. The largest absolute Gasteiger partial charge is 0.454 e. The molecule has 0 aromatic heterocycles. The normalized spacial score (nSPS) is 17.2. The minimum absolute atomic E-state index is 0.163. The van der Waals surface area contributed by atoms with Crippen molar-refractivity contribution >= 4 is 11.6 Å². The standard InChI is InChI=1S/C20H22N2O3/c1-14(21-12-16-6-3-8-18-20(16)25-13-24-18)15-5-2-7-17(11-15)22-10-4-9-19(22)23/h2-3,5-8,11,14,21H,4,9-10,12-13H2,1H3. The molecule has 2 aliphatic heterocycles. The van der Waals surface area contributed by atoms with Gasteiger partial charge in [0.2, 0.25) is 12.7 Å². The van der Waals surface area contributed by atoms with Crippen molar-refractivity contribution in [2.45, 2.75) is 32.4 Å². The molecule has 25 heavy (non-hydrogen) atoms. The van der Waals surface area contributed by atoms with Crippen LogP contribution in [0.1, 0.15) is 36.9 Å². The molecule has 2 aliphatic rings.